The van der Waals surface area contributed by atoms with Crippen molar-refractivity contribution in [2.45, 2.75) is 44.1 Å². The van der Waals surface area contributed by atoms with Gasteiger partial charge in [-0.05, 0) is 74.1 Å². The third-order valence-corrected chi connectivity index (χ3v) is 8.67. The van der Waals surface area contributed by atoms with Gasteiger partial charge < -0.3 is 9.84 Å². The maximum Gasteiger partial charge on any atom is 0.335 e. The Morgan fingerprint density at radius 1 is 1.19 bits per heavy atom. The lowest BCUT2D eigenvalue weighted by molar-refractivity contribution is 0.0697. The van der Waals surface area contributed by atoms with Crippen LogP contribution < -0.4 is 9.04 Å². The molecule has 0 amide bonds. The van der Waals surface area contributed by atoms with Gasteiger partial charge in [-0.2, -0.15) is 8.42 Å². The number of carboxylic acids is 1. The highest BCUT2D eigenvalue weighted by Crippen LogP contribution is 2.39. The molecule has 0 unspecified atom stereocenters. The Hall–Kier alpha value is -2.91. The number of fused-ring (bicyclic) bond motifs is 1. The third kappa shape index (κ3) is 4.35. The van der Waals surface area contributed by atoms with Gasteiger partial charge in [0.2, 0.25) is 4.34 Å². The number of thiazole rings is 1. The molecule has 1 heterocycles. The van der Waals surface area contributed by atoms with Crippen LogP contribution in [0.15, 0.2) is 46.1 Å². The molecule has 1 N–H and O–H groups in total. The molecular formula is C23H24N2O5S2. The monoisotopic (exact) mass is 472 g/mol. The topological polar surface area (TPSA) is 96.8 Å². The minimum Gasteiger partial charge on any atom is -0.487 e. The molecule has 0 spiro atoms. The smallest absolute Gasteiger partial charge is 0.335 e. The Bertz CT molecular complexity index is 1250. The third-order valence-electron chi connectivity index (χ3n) is 5.43. The quantitative estimate of drug-likeness (QED) is 0.521. The number of carbonyl (C=O) groups is 1. The van der Waals surface area contributed by atoms with Crippen molar-refractivity contribution >= 4 is 33.0 Å². The summed E-state index contributed by atoms with van der Waals surface area (Å²) in [7, 11) is -3.83. The zero-order chi connectivity index (χ0) is 22.9. The lowest BCUT2D eigenvalue weighted by atomic mass is 10.1. The normalized spacial score (nSPS) is 13.1. The van der Waals surface area contributed by atoms with Crippen LogP contribution >= 0.6 is 11.3 Å². The molecule has 9 heteroatoms. The maximum atomic E-state index is 13.4. The molecule has 0 fully saturated rings. The molecule has 0 radical (unpaired) electrons. The van der Waals surface area contributed by atoms with Crippen molar-refractivity contribution in [3.8, 4) is 5.75 Å². The van der Waals surface area contributed by atoms with Gasteiger partial charge in [0.15, 0.2) is 0 Å². The molecule has 0 bridgehead atoms. The Kier molecular flexibility index (Phi) is 6.21. The van der Waals surface area contributed by atoms with Crippen molar-refractivity contribution in [1.29, 1.82) is 0 Å². The van der Waals surface area contributed by atoms with Crippen molar-refractivity contribution in [2.24, 2.45) is 0 Å². The Morgan fingerprint density at radius 3 is 2.47 bits per heavy atom. The summed E-state index contributed by atoms with van der Waals surface area (Å²) in [4.78, 5) is 15.3. The summed E-state index contributed by atoms with van der Waals surface area (Å²) in [5, 5.41) is 10.8. The summed E-state index contributed by atoms with van der Waals surface area (Å²) < 4.78 is 34.2. The van der Waals surface area contributed by atoms with Crippen LogP contribution in [0, 0.1) is 6.92 Å². The number of hydrogen-bond donors (Lipinski definition) is 1. The largest absolute Gasteiger partial charge is 0.487 e. The number of ether oxygens (including phenoxy) is 1. The second kappa shape index (κ2) is 8.91. The molecule has 0 aliphatic heterocycles. The van der Waals surface area contributed by atoms with Crippen LogP contribution in [0.3, 0.4) is 0 Å². The number of aryl methyl sites for hydroxylation is 3. The number of rotatable bonds is 8. The molecular weight excluding hydrogens is 448 g/mol. The minimum absolute atomic E-state index is 0.0626. The Morgan fingerprint density at radius 2 is 1.88 bits per heavy atom. The summed E-state index contributed by atoms with van der Waals surface area (Å²) in [6.45, 7) is 3.99. The van der Waals surface area contributed by atoms with Crippen LogP contribution in [0.1, 0.15) is 46.1 Å². The van der Waals surface area contributed by atoms with Crippen molar-refractivity contribution in [3.63, 3.8) is 0 Å². The van der Waals surface area contributed by atoms with Gasteiger partial charge >= 0.3 is 5.97 Å². The lowest BCUT2D eigenvalue weighted by Crippen LogP contribution is -2.31. The van der Waals surface area contributed by atoms with E-state index >= 15 is 0 Å². The van der Waals surface area contributed by atoms with Crippen molar-refractivity contribution < 1.29 is 23.1 Å². The molecule has 2 aromatic carbocycles. The summed E-state index contributed by atoms with van der Waals surface area (Å²) >= 11 is 1.11. The summed E-state index contributed by atoms with van der Waals surface area (Å²) in [6, 6.07) is 10.3. The number of anilines is 1. The summed E-state index contributed by atoms with van der Waals surface area (Å²) in [6.07, 6.45) is 2.87. The first-order valence-electron chi connectivity index (χ1n) is 10.3. The molecule has 1 aliphatic rings. The molecule has 32 heavy (non-hydrogen) atoms. The van der Waals surface area contributed by atoms with Crippen LogP contribution in [0.5, 0.6) is 5.75 Å². The summed E-state index contributed by atoms with van der Waals surface area (Å²) in [5.74, 6) is -0.494. The highest BCUT2D eigenvalue weighted by Gasteiger charge is 2.30. The highest BCUT2D eigenvalue weighted by molar-refractivity contribution is 7.94. The SMILES string of the molecule is CCN(c1cc2c(cc1OCc1ccc(C(=O)O)cc1)CCC2)S(=O)(=O)c1nc(C)cs1. The molecule has 0 saturated carbocycles. The van der Waals surface area contributed by atoms with Gasteiger partial charge in [-0.1, -0.05) is 12.1 Å². The van der Waals surface area contributed by atoms with Gasteiger partial charge in [0.1, 0.15) is 12.4 Å². The van der Waals surface area contributed by atoms with E-state index in [4.69, 9.17) is 9.84 Å². The van der Waals surface area contributed by atoms with Crippen LogP contribution in [0.25, 0.3) is 0 Å². The van der Waals surface area contributed by atoms with E-state index in [0.29, 0.717) is 17.1 Å². The standard InChI is InChI=1S/C23H24N2O5S2/c1-3-25(32(28,29)23-24-15(2)14-31-23)20-11-18-5-4-6-19(18)12-21(20)30-13-16-7-9-17(10-8-16)22(26)27/h7-12,14H,3-6,13H2,1-2H3,(H,26,27). The minimum atomic E-state index is -3.83. The molecule has 7 nitrogen and oxygen atoms in total. The van der Waals surface area contributed by atoms with Crippen LogP contribution in [0.4, 0.5) is 5.69 Å². The molecule has 0 atom stereocenters. The van der Waals surface area contributed by atoms with E-state index in [1.165, 1.54) is 22.0 Å². The predicted octanol–water partition coefficient (Wildman–Crippen LogP) is 4.43. The maximum absolute atomic E-state index is 13.4. The van der Waals surface area contributed by atoms with Crippen LogP contribution in [-0.2, 0) is 29.5 Å². The molecule has 4 rings (SSSR count). The number of aromatic carboxylic acids is 1. The average molecular weight is 473 g/mol. The Balaban J connectivity index is 1.69. The fourth-order valence-corrected chi connectivity index (χ4v) is 6.43. The van der Waals surface area contributed by atoms with Gasteiger partial charge in [-0.25, -0.2) is 9.78 Å². The van der Waals surface area contributed by atoms with Crippen molar-refractivity contribution in [3.05, 3.63) is 69.7 Å². The molecule has 0 saturated heterocycles. The van der Waals surface area contributed by atoms with Gasteiger partial charge in [0, 0.05) is 17.6 Å². The predicted molar refractivity (Wildman–Crippen MR) is 123 cm³/mol. The van der Waals surface area contributed by atoms with E-state index < -0.39 is 16.0 Å². The van der Waals surface area contributed by atoms with Gasteiger partial charge in [0.05, 0.1) is 11.3 Å². The van der Waals surface area contributed by atoms with E-state index in [2.05, 4.69) is 4.98 Å². The van der Waals surface area contributed by atoms with Crippen molar-refractivity contribution in [1.82, 2.24) is 4.98 Å². The number of sulfonamides is 1. The van der Waals surface area contributed by atoms with E-state index in [-0.39, 0.29) is 23.1 Å². The van der Waals surface area contributed by atoms with Crippen LogP contribution in [0.2, 0.25) is 0 Å². The van der Waals surface area contributed by atoms with Crippen molar-refractivity contribution in [2.75, 3.05) is 10.8 Å². The fourth-order valence-electron chi connectivity index (χ4n) is 3.82. The summed E-state index contributed by atoms with van der Waals surface area (Å²) in [5.41, 5.74) is 4.48. The number of nitrogens with zero attached hydrogens (tertiary/aromatic N) is 2. The van der Waals surface area contributed by atoms with E-state index in [1.54, 1.807) is 31.4 Å². The second-order valence-electron chi connectivity index (χ2n) is 7.66. The zero-order valence-corrected chi connectivity index (χ0v) is 19.5. The van der Waals surface area contributed by atoms with Gasteiger partial charge in [-0.3, -0.25) is 4.31 Å². The number of hydrogen-bond acceptors (Lipinski definition) is 6. The first-order chi connectivity index (χ1) is 15.3. The van der Waals surface area contributed by atoms with Gasteiger partial charge in [-0.15, -0.1) is 11.3 Å². The number of benzene rings is 2. The molecule has 1 aromatic heterocycles. The first kappa shape index (κ1) is 22.3. The number of aromatic nitrogens is 1. The average Bonchev–Trinajstić information content (AvgIpc) is 3.41. The Labute approximate surface area is 191 Å². The molecule has 3 aromatic rings. The van der Waals surface area contributed by atoms with E-state index in [0.717, 1.165) is 41.7 Å². The molecule has 168 valence electrons. The van der Waals surface area contributed by atoms with E-state index in [9.17, 15) is 13.2 Å². The fraction of sp³-hybridized carbons (Fsp3) is 0.304. The number of carboxylic acid groups (broad SMARTS) is 1. The highest BCUT2D eigenvalue weighted by atomic mass is 32.2. The lowest BCUT2D eigenvalue weighted by Gasteiger charge is -2.25. The van der Waals surface area contributed by atoms with Gasteiger partial charge in [0.25, 0.3) is 10.0 Å². The molecule has 1 aliphatic carbocycles. The van der Waals surface area contributed by atoms with Crippen LogP contribution in [-0.4, -0.2) is 31.0 Å². The first-order valence-corrected chi connectivity index (χ1v) is 12.7. The van der Waals surface area contributed by atoms with E-state index in [1.807, 2.05) is 12.1 Å². The zero-order valence-electron chi connectivity index (χ0n) is 17.9. The second-order valence-corrected chi connectivity index (χ2v) is 10.6.